The van der Waals surface area contributed by atoms with Gasteiger partial charge in [0.15, 0.2) is 11.7 Å². The van der Waals surface area contributed by atoms with E-state index in [-0.39, 0.29) is 23.5 Å². The third kappa shape index (κ3) is 6.58. The van der Waals surface area contributed by atoms with Gasteiger partial charge in [-0.1, -0.05) is 41.9 Å². The Hall–Kier alpha value is -3.42. The second kappa shape index (κ2) is 10.4. The summed E-state index contributed by atoms with van der Waals surface area (Å²) in [7, 11) is 0. The van der Waals surface area contributed by atoms with Gasteiger partial charge in [-0.15, -0.1) is 0 Å². The fourth-order valence-corrected chi connectivity index (χ4v) is 2.91. The fraction of sp³-hybridized carbons (Fsp3) is 0.0455. The number of ether oxygens (including phenoxy) is 1. The van der Waals surface area contributed by atoms with Crippen molar-refractivity contribution in [2.24, 2.45) is 0 Å². The molecule has 0 aliphatic carbocycles. The molecule has 2 amide bonds. The van der Waals surface area contributed by atoms with Crippen LogP contribution in [0.4, 0.5) is 11.4 Å². The van der Waals surface area contributed by atoms with Crippen molar-refractivity contribution in [1.29, 1.82) is 0 Å². The third-order valence-electron chi connectivity index (χ3n) is 3.83. The van der Waals surface area contributed by atoms with E-state index < -0.39 is 0 Å². The maximum atomic E-state index is 12.2. The lowest BCUT2D eigenvalue weighted by Crippen LogP contribution is -2.34. The number of para-hydroxylation sites is 1. The summed E-state index contributed by atoms with van der Waals surface area (Å²) in [6.45, 7) is -0.115. The molecule has 0 fully saturated rings. The highest BCUT2D eigenvalue weighted by molar-refractivity contribution is 7.80. The van der Waals surface area contributed by atoms with E-state index in [4.69, 9.17) is 28.6 Å². The molecule has 3 aromatic rings. The lowest BCUT2D eigenvalue weighted by Gasteiger charge is -2.12. The summed E-state index contributed by atoms with van der Waals surface area (Å²) in [4.78, 5) is 24.3. The number of halogens is 1. The Morgan fingerprint density at radius 1 is 0.867 bits per heavy atom. The number of thiocarbonyl (C=S) groups is 1. The second-order valence-electron chi connectivity index (χ2n) is 6.15. The highest BCUT2D eigenvalue weighted by Gasteiger charge is 2.09. The molecular formula is C22H18ClN3O3S. The Morgan fingerprint density at radius 3 is 2.30 bits per heavy atom. The Bertz CT molecular complexity index is 1060. The molecule has 0 heterocycles. The van der Waals surface area contributed by atoms with E-state index in [9.17, 15) is 9.59 Å². The summed E-state index contributed by atoms with van der Waals surface area (Å²) in [5.74, 6) is -0.0609. The van der Waals surface area contributed by atoms with Crippen LogP contribution in [0.2, 0.25) is 5.02 Å². The summed E-state index contributed by atoms with van der Waals surface area (Å²) < 4.78 is 5.42. The van der Waals surface area contributed by atoms with Crippen LogP contribution in [0.3, 0.4) is 0 Å². The molecule has 6 nitrogen and oxygen atoms in total. The summed E-state index contributed by atoms with van der Waals surface area (Å²) in [5, 5.41) is 8.83. The van der Waals surface area contributed by atoms with Gasteiger partial charge in [0.05, 0.1) is 0 Å². The smallest absolute Gasteiger partial charge is 0.262 e. The van der Waals surface area contributed by atoms with Crippen molar-refractivity contribution in [3.05, 3.63) is 89.4 Å². The molecule has 0 saturated carbocycles. The topological polar surface area (TPSA) is 79.5 Å². The molecule has 0 unspecified atom stereocenters. The molecule has 0 radical (unpaired) electrons. The zero-order valence-corrected chi connectivity index (χ0v) is 17.3. The molecule has 0 aliphatic heterocycles. The van der Waals surface area contributed by atoms with E-state index >= 15 is 0 Å². The Balaban J connectivity index is 1.52. The zero-order valence-electron chi connectivity index (χ0n) is 15.7. The van der Waals surface area contributed by atoms with Crippen LogP contribution >= 0.6 is 23.8 Å². The van der Waals surface area contributed by atoms with Crippen molar-refractivity contribution in [1.82, 2.24) is 5.32 Å². The molecule has 0 spiro atoms. The Labute approximate surface area is 184 Å². The SMILES string of the molecule is O=C(COc1ccccc1)Nc1cccc(NC(=S)NC(=O)c2cccc(Cl)c2)c1. The number of nitrogens with one attached hydrogen (secondary N) is 3. The van der Waals surface area contributed by atoms with Crippen LogP contribution < -0.4 is 20.7 Å². The van der Waals surface area contributed by atoms with Gasteiger partial charge in [-0.2, -0.15) is 0 Å². The predicted molar refractivity (Wildman–Crippen MR) is 122 cm³/mol. The van der Waals surface area contributed by atoms with Gasteiger partial charge in [0, 0.05) is 22.0 Å². The van der Waals surface area contributed by atoms with Gasteiger partial charge in [-0.3, -0.25) is 14.9 Å². The van der Waals surface area contributed by atoms with E-state index in [0.717, 1.165) is 0 Å². The van der Waals surface area contributed by atoms with Crippen molar-refractivity contribution >= 4 is 52.1 Å². The number of amides is 2. The minimum absolute atomic E-state index is 0.115. The van der Waals surface area contributed by atoms with E-state index in [0.29, 0.717) is 27.7 Å². The summed E-state index contributed by atoms with van der Waals surface area (Å²) >= 11 is 11.1. The molecule has 3 rings (SSSR count). The molecule has 30 heavy (non-hydrogen) atoms. The number of carbonyl (C=O) groups is 2. The standard InChI is InChI=1S/C22H18ClN3O3S/c23-16-7-4-6-15(12-16)21(28)26-22(30)25-18-9-5-8-17(13-18)24-20(27)14-29-19-10-2-1-3-11-19/h1-13H,14H2,(H,24,27)(H2,25,26,28,30). The van der Waals surface area contributed by atoms with Crippen molar-refractivity contribution < 1.29 is 14.3 Å². The zero-order chi connectivity index (χ0) is 21.3. The molecule has 0 aliphatic rings. The lowest BCUT2D eigenvalue weighted by molar-refractivity contribution is -0.118. The Kier molecular flexibility index (Phi) is 7.37. The van der Waals surface area contributed by atoms with Crippen LogP contribution in [-0.2, 0) is 4.79 Å². The monoisotopic (exact) mass is 439 g/mol. The molecule has 0 saturated heterocycles. The normalized spacial score (nSPS) is 10.0. The fourth-order valence-electron chi connectivity index (χ4n) is 2.50. The summed E-state index contributed by atoms with van der Waals surface area (Å²) in [5.41, 5.74) is 1.56. The molecule has 3 N–H and O–H groups in total. The van der Waals surface area contributed by atoms with E-state index in [1.54, 1.807) is 60.7 Å². The Morgan fingerprint density at radius 2 is 1.57 bits per heavy atom. The van der Waals surface area contributed by atoms with Crippen molar-refractivity contribution in [3.63, 3.8) is 0 Å². The molecule has 3 aromatic carbocycles. The molecule has 0 atom stereocenters. The van der Waals surface area contributed by atoms with Crippen LogP contribution in [0.5, 0.6) is 5.75 Å². The van der Waals surface area contributed by atoms with Crippen LogP contribution in [0.15, 0.2) is 78.9 Å². The van der Waals surface area contributed by atoms with Crippen LogP contribution in [0, 0.1) is 0 Å². The van der Waals surface area contributed by atoms with E-state index in [1.165, 1.54) is 0 Å². The maximum Gasteiger partial charge on any atom is 0.262 e. The van der Waals surface area contributed by atoms with Gasteiger partial charge in [0.2, 0.25) is 0 Å². The van der Waals surface area contributed by atoms with Crippen LogP contribution in [-0.4, -0.2) is 23.5 Å². The molecule has 0 aromatic heterocycles. The van der Waals surface area contributed by atoms with Crippen LogP contribution in [0.1, 0.15) is 10.4 Å². The van der Waals surface area contributed by atoms with Gasteiger partial charge in [-0.25, -0.2) is 0 Å². The number of hydrogen-bond acceptors (Lipinski definition) is 4. The maximum absolute atomic E-state index is 12.2. The molecule has 0 bridgehead atoms. The van der Waals surface area contributed by atoms with Gasteiger partial charge >= 0.3 is 0 Å². The van der Waals surface area contributed by atoms with Gasteiger partial charge in [-0.05, 0) is 60.7 Å². The highest BCUT2D eigenvalue weighted by atomic mass is 35.5. The molecule has 152 valence electrons. The van der Waals surface area contributed by atoms with Crippen molar-refractivity contribution in [3.8, 4) is 5.75 Å². The number of carbonyl (C=O) groups excluding carboxylic acids is 2. The first kappa shape index (κ1) is 21.3. The lowest BCUT2D eigenvalue weighted by atomic mass is 10.2. The number of benzene rings is 3. The number of hydrogen-bond donors (Lipinski definition) is 3. The first-order valence-corrected chi connectivity index (χ1v) is 9.74. The van der Waals surface area contributed by atoms with E-state index in [1.807, 2.05) is 18.2 Å². The highest BCUT2D eigenvalue weighted by Crippen LogP contribution is 2.16. The third-order valence-corrected chi connectivity index (χ3v) is 4.27. The average molecular weight is 440 g/mol. The average Bonchev–Trinajstić information content (AvgIpc) is 2.73. The largest absolute Gasteiger partial charge is 0.484 e. The van der Waals surface area contributed by atoms with Crippen molar-refractivity contribution in [2.75, 3.05) is 17.2 Å². The summed E-state index contributed by atoms with van der Waals surface area (Å²) in [6, 6.07) is 22.6. The number of rotatable bonds is 6. The van der Waals surface area contributed by atoms with Gasteiger partial charge in [0.25, 0.3) is 11.8 Å². The number of anilines is 2. The minimum atomic E-state index is -0.377. The first-order chi connectivity index (χ1) is 14.5. The summed E-state index contributed by atoms with van der Waals surface area (Å²) in [6.07, 6.45) is 0. The van der Waals surface area contributed by atoms with Crippen LogP contribution in [0.25, 0.3) is 0 Å². The van der Waals surface area contributed by atoms with Gasteiger partial charge < -0.3 is 15.4 Å². The second-order valence-corrected chi connectivity index (χ2v) is 6.99. The quantitative estimate of drug-likeness (QED) is 0.493. The minimum Gasteiger partial charge on any atom is -0.484 e. The predicted octanol–water partition coefficient (Wildman–Crippen LogP) is 4.48. The molecule has 8 heteroatoms. The first-order valence-electron chi connectivity index (χ1n) is 8.95. The van der Waals surface area contributed by atoms with E-state index in [2.05, 4.69) is 16.0 Å². The van der Waals surface area contributed by atoms with Gasteiger partial charge in [0.1, 0.15) is 5.75 Å². The van der Waals surface area contributed by atoms with Crippen molar-refractivity contribution in [2.45, 2.75) is 0 Å². The molecular weight excluding hydrogens is 422 g/mol.